The second kappa shape index (κ2) is 3.43. The quantitative estimate of drug-likeness (QED) is 0.504. The lowest BCUT2D eigenvalue weighted by molar-refractivity contribution is 0.337. The van der Waals surface area contributed by atoms with Crippen LogP contribution in [0.2, 0.25) is 0 Å². The first-order valence-corrected chi connectivity index (χ1v) is 3.27. The normalized spacial score (nSPS) is 17.2. The lowest BCUT2D eigenvalue weighted by atomic mass is 10.6. The second-order valence-electron chi connectivity index (χ2n) is 1.79. The molecule has 0 aromatic rings. The largest absolute Gasteiger partial charge is 0.483 e. The van der Waals surface area contributed by atoms with Crippen LogP contribution in [0.5, 0.6) is 0 Å². The molecule has 6 heteroatoms. The zero-order chi connectivity index (χ0) is 8.27. The van der Waals surface area contributed by atoms with Crippen LogP contribution in [0.3, 0.4) is 0 Å². The SMILES string of the molecule is COC1=NC(OC)=NN(Cl)C1. The van der Waals surface area contributed by atoms with Gasteiger partial charge in [0.05, 0.1) is 14.2 Å². The zero-order valence-corrected chi connectivity index (χ0v) is 7.00. The number of nitrogens with zero attached hydrogens (tertiary/aromatic N) is 3. The van der Waals surface area contributed by atoms with Gasteiger partial charge >= 0.3 is 6.02 Å². The highest BCUT2D eigenvalue weighted by Gasteiger charge is 2.13. The van der Waals surface area contributed by atoms with Crippen molar-refractivity contribution in [1.29, 1.82) is 0 Å². The fourth-order valence-electron chi connectivity index (χ4n) is 0.601. The molecule has 11 heavy (non-hydrogen) atoms. The van der Waals surface area contributed by atoms with E-state index in [1.165, 1.54) is 18.7 Å². The van der Waals surface area contributed by atoms with Gasteiger partial charge in [0, 0.05) is 11.8 Å². The number of hydrogen-bond acceptors (Lipinski definition) is 5. The van der Waals surface area contributed by atoms with Gasteiger partial charge in [0.1, 0.15) is 6.54 Å². The van der Waals surface area contributed by atoms with E-state index in [1.54, 1.807) is 0 Å². The molecule has 0 saturated heterocycles. The smallest absolute Gasteiger partial charge is 0.337 e. The summed E-state index contributed by atoms with van der Waals surface area (Å²) in [7, 11) is 2.98. The molecule has 0 aliphatic carbocycles. The maximum Gasteiger partial charge on any atom is 0.337 e. The Morgan fingerprint density at radius 1 is 1.45 bits per heavy atom. The molecule has 0 atom stereocenters. The summed E-state index contributed by atoms with van der Waals surface area (Å²) in [6, 6.07) is 0.197. The first-order valence-electron chi connectivity index (χ1n) is 2.93. The molecule has 5 nitrogen and oxygen atoms in total. The maximum absolute atomic E-state index is 5.57. The molecule has 1 rings (SSSR count). The highest BCUT2D eigenvalue weighted by molar-refractivity contribution is 6.15. The van der Waals surface area contributed by atoms with Gasteiger partial charge in [-0.3, -0.25) is 0 Å². The predicted octanol–water partition coefficient (Wildman–Crippen LogP) is 0.418. The van der Waals surface area contributed by atoms with Gasteiger partial charge in [-0.1, -0.05) is 0 Å². The molecular weight excluding hydrogens is 170 g/mol. The van der Waals surface area contributed by atoms with Gasteiger partial charge in [-0.2, -0.15) is 9.52 Å². The van der Waals surface area contributed by atoms with E-state index in [4.69, 9.17) is 21.3 Å². The highest BCUT2D eigenvalue weighted by Crippen LogP contribution is 2.04. The molecule has 0 radical (unpaired) electrons. The van der Waals surface area contributed by atoms with E-state index in [0.29, 0.717) is 12.4 Å². The third-order valence-corrected chi connectivity index (χ3v) is 1.29. The molecule has 0 bridgehead atoms. The second-order valence-corrected chi connectivity index (χ2v) is 2.18. The summed E-state index contributed by atoms with van der Waals surface area (Å²) < 4.78 is 10.8. The number of ether oxygens (including phenoxy) is 2. The van der Waals surface area contributed by atoms with E-state index in [1.807, 2.05) is 0 Å². The van der Waals surface area contributed by atoms with Crippen LogP contribution in [-0.4, -0.2) is 37.2 Å². The van der Waals surface area contributed by atoms with Crippen LogP contribution >= 0.6 is 11.8 Å². The monoisotopic (exact) mass is 177 g/mol. The Kier molecular flexibility index (Phi) is 2.53. The zero-order valence-electron chi connectivity index (χ0n) is 6.24. The minimum Gasteiger partial charge on any atom is -0.483 e. The standard InChI is InChI=1S/C5H8ClN3O2/c1-10-4-3-9(6)8-5(7-4)11-2/h3H2,1-2H3. The van der Waals surface area contributed by atoms with E-state index in [9.17, 15) is 0 Å². The van der Waals surface area contributed by atoms with Gasteiger partial charge in [0.15, 0.2) is 0 Å². The minimum atomic E-state index is 0.197. The lowest BCUT2D eigenvalue weighted by Crippen LogP contribution is -2.26. The van der Waals surface area contributed by atoms with Crippen molar-refractivity contribution >= 4 is 23.7 Å². The van der Waals surface area contributed by atoms with Crippen molar-refractivity contribution < 1.29 is 9.47 Å². The molecule has 0 amide bonds. The third kappa shape index (κ3) is 1.98. The average Bonchev–Trinajstić information content (AvgIpc) is 2.03. The molecule has 1 heterocycles. The number of aliphatic imine (C=N–C) groups is 1. The first kappa shape index (κ1) is 8.13. The third-order valence-electron chi connectivity index (χ3n) is 1.10. The van der Waals surface area contributed by atoms with Crippen molar-refractivity contribution in [3.05, 3.63) is 0 Å². The van der Waals surface area contributed by atoms with Crippen LogP contribution in [0.15, 0.2) is 10.1 Å². The maximum atomic E-state index is 5.57. The molecular formula is C5H8ClN3O2. The van der Waals surface area contributed by atoms with E-state index in [2.05, 4.69) is 10.1 Å². The molecule has 0 aromatic heterocycles. The minimum absolute atomic E-state index is 0.197. The number of hydrazone groups is 1. The van der Waals surface area contributed by atoms with Crippen molar-refractivity contribution in [1.82, 2.24) is 4.53 Å². The fourth-order valence-corrected chi connectivity index (χ4v) is 0.768. The Hall–Kier alpha value is -0.970. The molecule has 0 spiro atoms. The van der Waals surface area contributed by atoms with Crippen LogP contribution in [0, 0.1) is 0 Å². The van der Waals surface area contributed by atoms with Gasteiger partial charge in [0.25, 0.3) is 0 Å². The summed E-state index contributed by atoms with van der Waals surface area (Å²) in [4.78, 5) is 3.87. The van der Waals surface area contributed by atoms with Crippen LogP contribution in [0.4, 0.5) is 0 Å². The number of halogens is 1. The number of amidine groups is 1. The van der Waals surface area contributed by atoms with Gasteiger partial charge < -0.3 is 9.47 Å². The highest BCUT2D eigenvalue weighted by atomic mass is 35.5. The fraction of sp³-hybridized carbons (Fsp3) is 0.600. The summed E-state index contributed by atoms with van der Waals surface area (Å²) in [5.74, 6) is 0.479. The number of methoxy groups -OCH3 is 2. The van der Waals surface area contributed by atoms with Crippen molar-refractivity contribution in [3.63, 3.8) is 0 Å². The van der Waals surface area contributed by atoms with Crippen molar-refractivity contribution in [2.75, 3.05) is 20.8 Å². The van der Waals surface area contributed by atoms with Crippen molar-refractivity contribution in [3.8, 4) is 0 Å². The Morgan fingerprint density at radius 2 is 2.18 bits per heavy atom. The Morgan fingerprint density at radius 3 is 2.73 bits per heavy atom. The Bertz CT molecular complexity index is 204. The molecule has 1 aliphatic heterocycles. The Labute approximate surface area is 69.4 Å². The molecule has 0 N–H and O–H groups in total. The van der Waals surface area contributed by atoms with E-state index in [-0.39, 0.29) is 6.02 Å². The van der Waals surface area contributed by atoms with Crippen molar-refractivity contribution in [2.24, 2.45) is 10.1 Å². The van der Waals surface area contributed by atoms with Gasteiger partial charge in [-0.05, 0) is 0 Å². The van der Waals surface area contributed by atoms with Crippen LogP contribution in [0.1, 0.15) is 0 Å². The van der Waals surface area contributed by atoms with E-state index < -0.39 is 0 Å². The molecule has 0 unspecified atom stereocenters. The van der Waals surface area contributed by atoms with Crippen molar-refractivity contribution in [2.45, 2.75) is 0 Å². The van der Waals surface area contributed by atoms with Gasteiger partial charge in [-0.25, -0.2) is 0 Å². The summed E-state index contributed by atoms with van der Waals surface area (Å²) in [6.45, 7) is 0.352. The Balaban J connectivity index is 2.71. The molecule has 0 saturated carbocycles. The summed E-state index contributed by atoms with van der Waals surface area (Å²) >= 11 is 5.57. The van der Waals surface area contributed by atoms with Crippen LogP contribution in [0.25, 0.3) is 0 Å². The average molecular weight is 178 g/mol. The van der Waals surface area contributed by atoms with E-state index in [0.717, 1.165) is 0 Å². The lowest BCUT2D eigenvalue weighted by Gasteiger charge is -2.15. The molecule has 62 valence electrons. The molecule has 1 aliphatic rings. The van der Waals surface area contributed by atoms with Crippen LogP contribution < -0.4 is 0 Å². The van der Waals surface area contributed by atoms with Crippen LogP contribution in [-0.2, 0) is 9.47 Å². The molecule has 0 fully saturated rings. The molecule has 0 aromatic carbocycles. The summed E-state index contributed by atoms with van der Waals surface area (Å²) in [5, 5.41) is 3.72. The summed E-state index contributed by atoms with van der Waals surface area (Å²) in [5.41, 5.74) is 0. The van der Waals surface area contributed by atoms with Gasteiger partial charge in [0.2, 0.25) is 5.90 Å². The number of hydrogen-bond donors (Lipinski definition) is 0. The number of rotatable bonds is 0. The topological polar surface area (TPSA) is 46.4 Å². The summed E-state index contributed by atoms with van der Waals surface area (Å²) in [6.07, 6.45) is 0. The first-order chi connectivity index (χ1) is 5.26. The van der Waals surface area contributed by atoms with Gasteiger partial charge in [-0.15, -0.1) is 5.10 Å². The van der Waals surface area contributed by atoms with E-state index >= 15 is 0 Å². The predicted molar refractivity (Wildman–Crippen MR) is 41.4 cm³/mol.